The van der Waals surface area contributed by atoms with E-state index in [1.54, 1.807) is 25.3 Å². The second kappa shape index (κ2) is 10.7. The number of methoxy groups -OCH3 is 2. The molecule has 176 valence electrons. The Hall–Kier alpha value is -4.06. The van der Waals surface area contributed by atoms with E-state index in [2.05, 4.69) is 0 Å². The van der Waals surface area contributed by atoms with Gasteiger partial charge in [-0.05, 0) is 61.2 Å². The van der Waals surface area contributed by atoms with E-state index in [-0.39, 0.29) is 29.1 Å². The maximum absolute atomic E-state index is 13.1. The van der Waals surface area contributed by atoms with Crippen LogP contribution in [0.2, 0.25) is 0 Å². The van der Waals surface area contributed by atoms with Crippen molar-refractivity contribution >= 4 is 11.8 Å². The average Bonchev–Trinajstić information content (AvgIpc) is 2.82. The van der Waals surface area contributed by atoms with Crippen molar-refractivity contribution in [3.63, 3.8) is 0 Å². The molecule has 0 atom stereocenters. The summed E-state index contributed by atoms with van der Waals surface area (Å²) in [5.74, 6) is -0.863. The van der Waals surface area contributed by atoms with Crippen LogP contribution in [-0.2, 0) is 12.8 Å². The number of allylic oxidation sites excluding steroid dienone is 2. The maximum Gasteiger partial charge on any atom is 0.339 e. The summed E-state index contributed by atoms with van der Waals surface area (Å²) in [6.45, 7) is 3.82. The van der Waals surface area contributed by atoms with Gasteiger partial charge in [0.25, 0.3) is 0 Å². The van der Waals surface area contributed by atoms with Crippen LogP contribution in [0, 0.1) is 0 Å². The highest BCUT2D eigenvalue weighted by molar-refractivity contribution is 6.01. The quantitative estimate of drug-likeness (QED) is 0.314. The number of carbonyl (C=O) groups is 2. The number of aromatic hydroxyl groups is 1. The van der Waals surface area contributed by atoms with Gasteiger partial charge in [0.05, 0.1) is 14.2 Å². The number of hydrogen-bond donors (Lipinski definition) is 2. The van der Waals surface area contributed by atoms with Crippen LogP contribution in [0.1, 0.15) is 45.7 Å². The van der Waals surface area contributed by atoms with Crippen molar-refractivity contribution in [2.45, 2.75) is 26.7 Å². The molecule has 0 fully saturated rings. The largest absolute Gasteiger partial charge is 0.507 e. The van der Waals surface area contributed by atoms with Crippen molar-refractivity contribution in [1.82, 2.24) is 0 Å². The third-order valence-corrected chi connectivity index (χ3v) is 5.55. The van der Waals surface area contributed by atoms with Crippen LogP contribution >= 0.6 is 0 Å². The first-order chi connectivity index (χ1) is 16.2. The van der Waals surface area contributed by atoms with Crippen LogP contribution < -0.4 is 9.47 Å². The van der Waals surface area contributed by atoms with Gasteiger partial charge < -0.3 is 19.7 Å². The van der Waals surface area contributed by atoms with E-state index in [0.717, 1.165) is 22.4 Å². The number of carbonyl (C=O) groups excluding carboxylic acids is 1. The summed E-state index contributed by atoms with van der Waals surface area (Å²) in [6, 6.07) is 16.2. The van der Waals surface area contributed by atoms with Crippen molar-refractivity contribution in [1.29, 1.82) is 0 Å². The fourth-order valence-electron chi connectivity index (χ4n) is 3.73. The SMILES string of the molecule is COc1ccc(-c2cccc(C(=O)Cc3cc(OC)c(CC=C(C)C)c(O)c3C(=O)O)c2)cc1. The molecule has 34 heavy (non-hydrogen) atoms. The monoisotopic (exact) mass is 460 g/mol. The molecule has 6 heteroatoms. The number of benzene rings is 3. The number of carboxylic acid groups (broad SMARTS) is 1. The first kappa shape index (κ1) is 24.6. The second-order valence-corrected chi connectivity index (χ2v) is 8.14. The van der Waals surface area contributed by atoms with Gasteiger partial charge in [0.1, 0.15) is 22.8 Å². The van der Waals surface area contributed by atoms with Gasteiger partial charge in [-0.3, -0.25) is 4.79 Å². The zero-order valence-electron chi connectivity index (χ0n) is 19.7. The molecular formula is C28H28O6. The summed E-state index contributed by atoms with van der Waals surface area (Å²) in [5.41, 5.74) is 3.53. The molecule has 0 heterocycles. The Balaban J connectivity index is 1.97. The number of ether oxygens (including phenoxy) is 2. The summed E-state index contributed by atoms with van der Waals surface area (Å²) in [5, 5.41) is 20.6. The molecule has 3 rings (SSSR count). The number of Topliss-reactive ketones (excluding diaryl/α,β-unsaturated/α-hetero) is 1. The van der Waals surface area contributed by atoms with Gasteiger partial charge in [0.15, 0.2) is 5.78 Å². The lowest BCUT2D eigenvalue weighted by molar-refractivity contribution is 0.0692. The normalized spacial score (nSPS) is 10.5. The summed E-state index contributed by atoms with van der Waals surface area (Å²) < 4.78 is 10.6. The smallest absolute Gasteiger partial charge is 0.339 e. The number of phenols is 1. The molecule has 2 N–H and O–H groups in total. The summed E-state index contributed by atoms with van der Waals surface area (Å²) in [7, 11) is 3.05. The highest BCUT2D eigenvalue weighted by atomic mass is 16.5. The Morgan fingerprint density at radius 2 is 1.65 bits per heavy atom. The molecule has 0 unspecified atom stereocenters. The minimum absolute atomic E-state index is 0.194. The molecule has 0 aliphatic carbocycles. The van der Waals surface area contributed by atoms with Crippen LogP contribution in [-0.4, -0.2) is 36.2 Å². The first-order valence-electron chi connectivity index (χ1n) is 10.8. The first-order valence-corrected chi connectivity index (χ1v) is 10.8. The molecule has 6 nitrogen and oxygen atoms in total. The van der Waals surface area contributed by atoms with Crippen LogP contribution in [0.5, 0.6) is 17.2 Å². The molecule has 3 aromatic carbocycles. The van der Waals surface area contributed by atoms with E-state index in [4.69, 9.17) is 9.47 Å². The summed E-state index contributed by atoms with van der Waals surface area (Å²) in [6.07, 6.45) is 2.00. The number of aromatic carboxylic acids is 1. The van der Waals surface area contributed by atoms with E-state index in [9.17, 15) is 19.8 Å². The number of rotatable bonds is 9. The van der Waals surface area contributed by atoms with Gasteiger partial charge in [-0.25, -0.2) is 4.79 Å². The minimum Gasteiger partial charge on any atom is -0.507 e. The number of hydrogen-bond acceptors (Lipinski definition) is 5. The van der Waals surface area contributed by atoms with E-state index >= 15 is 0 Å². The molecule has 0 aliphatic heterocycles. The van der Waals surface area contributed by atoms with Crippen LogP contribution in [0.15, 0.2) is 66.2 Å². The van der Waals surface area contributed by atoms with Crippen LogP contribution in [0.25, 0.3) is 11.1 Å². The second-order valence-electron chi connectivity index (χ2n) is 8.14. The fourth-order valence-corrected chi connectivity index (χ4v) is 3.73. The average molecular weight is 461 g/mol. The van der Waals surface area contributed by atoms with Crippen molar-refractivity contribution in [3.05, 3.63) is 88.5 Å². The Morgan fingerprint density at radius 3 is 2.24 bits per heavy atom. The van der Waals surface area contributed by atoms with E-state index in [1.807, 2.05) is 50.3 Å². The molecule has 3 aromatic rings. The van der Waals surface area contributed by atoms with E-state index in [0.29, 0.717) is 23.3 Å². The van der Waals surface area contributed by atoms with E-state index in [1.165, 1.54) is 13.2 Å². The van der Waals surface area contributed by atoms with Gasteiger partial charge >= 0.3 is 5.97 Å². The molecule has 0 radical (unpaired) electrons. The molecule has 0 aliphatic rings. The predicted octanol–water partition coefficient (Wildman–Crippen LogP) is 5.71. The number of carboxylic acids is 1. The van der Waals surface area contributed by atoms with Crippen molar-refractivity contribution in [2.24, 2.45) is 0 Å². The van der Waals surface area contributed by atoms with Gasteiger partial charge in [-0.1, -0.05) is 42.0 Å². The summed E-state index contributed by atoms with van der Waals surface area (Å²) in [4.78, 5) is 25.1. The molecular weight excluding hydrogens is 432 g/mol. The molecule has 0 saturated heterocycles. The lowest BCUT2D eigenvalue weighted by Gasteiger charge is -2.16. The fraction of sp³-hybridized carbons (Fsp3) is 0.214. The topological polar surface area (TPSA) is 93.1 Å². The third kappa shape index (κ3) is 5.46. The Morgan fingerprint density at radius 1 is 0.941 bits per heavy atom. The van der Waals surface area contributed by atoms with Crippen LogP contribution in [0.3, 0.4) is 0 Å². The lowest BCUT2D eigenvalue weighted by Crippen LogP contribution is -2.11. The van der Waals surface area contributed by atoms with Crippen LogP contribution in [0.4, 0.5) is 0 Å². The Labute approximate surface area is 199 Å². The zero-order valence-corrected chi connectivity index (χ0v) is 19.7. The third-order valence-electron chi connectivity index (χ3n) is 5.55. The van der Waals surface area contributed by atoms with Crippen molar-refractivity contribution < 1.29 is 29.3 Å². The van der Waals surface area contributed by atoms with Gasteiger partial charge in [-0.2, -0.15) is 0 Å². The molecule has 0 aromatic heterocycles. The minimum atomic E-state index is -1.30. The molecule has 0 spiro atoms. The van der Waals surface area contributed by atoms with Gasteiger partial charge in [-0.15, -0.1) is 0 Å². The number of ketones is 1. The maximum atomic E-state index is 13.1. The predicted molar refractivity (Wildman–Crippen MR) is 131 cm³/mol. The molecule has 0 saturated carbocycles. The molecule has 0 amide bonds. The Bertz CT molecular complexity index is 1230. The van der Waals surface area contributed by atoms with Crippen molar-refractivity contribution in [2.75, 3.05) is 14.2 Å². The van der Waals surface area contributed by atoms with E-state index < -0.39 is 5.97 Å². The van der Waals surface area contributed by atoms with Gasteiger partial charge in [0.2, 0.25) is 0 Å². The molecule has 0 bridgehead atoms. The van der Waals surface area contributed by atoms with Gasteiger partial charge in [0, 0.05) is 17.5 Å². The lowest BCUT2D eigenvalue weighted by atomic mass is 9.93. The standard InChI is InChI=1S/C28H28O6/c1-17(2)8-13-23-25(34-4)16-21(26(27(23)30)28(31)32)15-24(29)20-7-5-6-19(14-20)18-9-11-22(33-3)12-10-18/h5-12,14,16,30H,13,15H2,1-4H3,(H,31,32). The highest BCUT2D eigenvalue weighted by Gasteiger charge is 2.24. The van der Waals surface area contributed by atoms with Crippen molar-refractivity contribution in [3.8, 4) is 28.4 Å². The summed E-state index contributed by atoms with van der Waals surface area (Å²) >= 11 is 0. The zero-order chi connectivity index (χ0) is 24.8. The highest BCUT2D eigenvalue weighted by Crippen LogP contribution is 2.36. The Kier molecular flexibility index (Phi) is 7.74.